The molecule has 9 heteroatoms. The fourth-order valence-corrected chi connectivity index (χ4v) is 3.60. The summed E-state index contributed by atoms with van der Waals surface area (Å²) >= 11 is 0. The summed E-state index contributed by atoms with van der Waals surface area (Å²) in [7, 11) is 3.77. The predicted molar refractivity (Wildman–Crippen MR) is 130 cm³/mol. The Kier molecular flexibility index (Phi) is 8.17. The average molecular weight is 525 g/mol. The predicted octanol–water partition coefficient (Wildman–Crippen LogP) is 2.56. The number of guanidine groups is 1. The number of halogens is 1. The van der Waals surface area contributed by atoms with Gasteiger partial charge in [-0.3, -0.25) is 9.67 Å². The molecule has 2 fully saturated rings. The standard InChI is InChI=1S/C21H31N7O.HI/c1-22-21(24-11-17-7-8-23-20(10-17)29-15-16-5-6-16)26-18-4-3-9-28(13-18)19-12-25-27(2)14-19;/h7-8,10,12,14,16,18H,3-6,9,11,13,15H2,1-2H3,(H2,22,24,26);1H. The highest BCUT2D eigenvalue weighted by atomic mass is 127. The third-order valence-corrected chi connectivity index (χ3v) is 5.47. The fourth-order valence-electron chi connectivity index (χ4n) is 3.60. The van der Waals surface area contributed by atoms with Crippen molar-refractivity contribution in [3.63, 3.8) is 0 Å². The van der Waals surface area contributed by atoms with Crippen LogP contribution in [0.15, 0.2) is 35.7 Å². The fraction of sp³-hybridized carbons (Fsp3) is 0.571. The molecule has 1 aliphatic heterocycles. The second kappa shape index (κ2) is 10.8. The summed E-state index contributed by atoms with van der Waals surface area (Å²) < 4.78 is 7.64. The first-order valence-corrected chi connectivity index (χ1v) is 10.5. The lowest BCUT2D eigenvalue weighted by atomic mass is 10.1. The summed E-state index contributed by atoms with van der Waals surface area (Å²) in [4.78, 5) is 11.1. The van der Waals surface area contributed by atoms with E-state index in [0.29, 0.717) is 18.5 Å². The maximum atomic E-state index is 5.78. The molecule has 0 aromatic carbocycles. The average Bonchev–Trinajstić information content (AvgIpc) is 3.48. The van der Waals surface area contributed by atoms with Crippen LogP contribution in [0.2, 0.25) is 0 Å². The van der Waals surface area contributed by atoms with Crippen molar-refractivity contribution in [2.45, 2.75) is 38.3 Å². The number of rotatable bonds is 7. The molecule has 164 valence electrons. The number of hydrogen-bond acceptors (Lipinski definition) is 5. The van der Waals surface area contributed by atoms with Crippen molar-refractivity contribution in [3.05, 3.63) is 36.3 Å². The van der Waals surface area contributed by atoms with E-state index in [1.807, 2.05) is 43.3 Å². The van der Waals surface area contributed by atoms with E-state index >= 15 is 0 Å². The van der Waals surface area contributed by atoms with Gasteiger partial charge < -0.3 is 20.3 Å². The first-order chi connectivity index (χ1) is 14.2. The molecule has 0 amide bonds. The number of aryl methyl sites for hydroxylation is 1. The number of aliphatic imine (C=N–C) groups is 1. The maximum absolute atomic E-state index is 5.78. The zero-order valence-electron chi connectivity index (χ0n) is 17.8. The van der Waals surface area contributed by atoms with Crippen LogP contribution in [0.4, 0.5) is 5.69 Å². The molecule has 3 heterocycles. The molecular weight excluding hydrogens is 493 g/mol. The SMILES string of the molecule is CN=C(NCc1ccnc(OCC2CC2)c1)NC1CCCN(c2cnn(C)c2)C1.I. The Morgan fingerprint density at radius 2 is 2.20 bits per heavy atom. The molecule has 1 unspecified atom stereocenters. The zero-order chi connectivity index (χ0) is 20.1. The van der Waals surface area contributed by atoms with Crippen LogP contribution in [-0.2, 0) is 13.6 Å². The van der Waals surface area contributed by atoms with Crippen LogP contribution in [0.5, 0.6) is 5.88 Å². The Bertz CT molecular complexity index is 836. The number of anilines is 1. The van der Waals surface area contributed by atoms with E-state index in [1.54, 1.807) is 0 Å². The van der Waals surface area contributed by atoms with E-state index < -0.39 is 0 Å². The first-order valence-electron chi connectivity index (χ1n) is 10.5. The summed E-state index contributed by atoms with van der Waals surface area (Å²) in [5, 5.41) is 11.3. The Morgan fingerprint density at radius 1 is 1.33 bits per heavy atom. The van der Waals surface area contributed by atoms with Crippen LogP contribution < -0.4 is 20.3 Å². The highest BCUT2D eigenvalue weighted by Gasteiger charge is 2.23. The van der Waals surface area contributed by atoms with E-state index in [-0.39, 0.29) is 24.0 Å². The molecule has 1 atom stereocenters. The molecule has 1 aliphatic carbocycles. The molecule has 2 aromatic rings. The van der Waals surface area contributed by atoms with E-state index in [4.69, 9.17) is 4.74 Å². The third-order valence-electron chi connectivity index (χ3n) is 5.47. The van der Waals surface area contributed by atoms with Crippen molar-refractivity contribution in [3.8, 4) is 5.88 Å². The summed E-state index contributed by atoms with van der Waals surface area (Å²) in [6.07, 6.45) is 10.7. The molecule has 2 aromatic heterocycles. The monoisotopic (exact) mass is 525 g/mol. The minimum Gasteiger partial charge on any atom is -0.477 e. The Labute approximate surface area is 195 Å². The van der Waals surface area contributed by atoms with Crippen LogP contribution in [0.25, 0.3) is 0 Å². The van der Waals surface area contributed by atoms with Gasteiger partial charge in [-0.1, -0.05) is 0 Å². The quantitative estimate of drug-likeness (QED) is 0.329. The number of nitrogens with one attached hydrogen (secondary N) is 2. The lowest BCUT2D eigenvalue weighted by molar-refractivity contribution is 0.288. The normalized spacial score (nSPS) is 19.2. The summed E-state index contributed by atoms with van der Waals surface area (Å²) in [5.41, 5.74) is 2.31. The molecule has 2 aliphatic rings. The minimum absolute atomic E-state index is 0. The highest BCUT2D eigenvalue weighted by molar-refractivity contribution is 14.0. The second-order valence-electron chi connectivity index (χ2n) is 7.98. The summed E-state index contributed by atoms with van der Waals surface area (Å²) in [6.45, 7) is 3.47. The van der Waals surface area contributed by atoms with Gasteiger partial charge in [0.15, 0.2) is 5.96 Å². The number of piperidine rings is 1. The van der Waals surface area contributed by atoms with Gasteiger partial charge in [-0.05, 0) is 43.2 Å². The van der Waals surface area contributed by atoms with Crippen molar-refractivity contribution in [2.24, 2.45) is 18.0 Å². The van der Waals surface area contributed by atoms with E-state index in [1.165, 1.54) is 18.5 Å². The number of aromatic nitrogens is 3. The van der Waals surface area contributed by atoms with Crippen molar-refractivity contribution < 1.29 is 4.74 Å². The van der Waals surface area contributed by atoms with Crippen LogP contribution in [0.3, 0.4) is 0 Å². The second-order valence-corrected chi connectivity index (χ2v) is 7.98. The van der Waals surface area contributed by atoms with Crippen molar-refractivity contribution in [1.82, 2.24) is 25.4 Å². The molecule has 30 heavy (non-hydrogen) atoms. The molecule has 0 bridgehead atoms. The van der Waals surface area contributed by atoms with Gasteiger partial charge in [0.2, 0.25) is 5.88 Å². The smallest absolute Gasteiger partial charge is 0.213 e. The minimum atomic E-state index is 0. The van der Waals surface area contributed by atoms with E-state index in [0.717, 1.165) is 50.0 Å². The topological polar surface area (TPSA) is 79.6 Å². The number of ether oxygens (including phenoxy) is 1. The van der Waals surface area contributed by atoms with Gasteiger partial charge in [-0.25, -0.2) is 4.98 Å². The number of pyridine rings is 1. The van der Waals surface area contributed by atoms with Gasteiger partial charge >= 0.3 is 0 Å². The molecule has 2 N–H and O–H groups in total. The molecule has 0 spiro atoms. The first kappa shape index (κ1) is 22.6. The Hall–Kier alpha value is -2.04. The lowest BCUT2D eigenvalue weighted by Gasteiger charge is -2.34. The van der Waals surface area contributed by atoms with Crippen molar-refractivity contribution in [1.29, 1.82) is 0 Å². The third kappa shape index (κ3) is 6.48. The van der Waals surface area contributed by atoms with Gasteiger partial charge in [0, 0.05) is 58.2 Å². The van der Waals surface area contributed by atoms with E-state index in [2.05, 4.69) is 36.8 Å². The molecule has 8 nitrogen and oxygen atoms in total. The van der Waals surface area contributed by atoms with Gasteiger partial charge in [0.05, 0.1) is 18.5 Å². The molecule has 1 saturated heterocycles. The molecule has 1 saturated carbocycles. The number of hydrogen-bond donors (Lipinski definition) is 2. The van der Waals surface area contributed by atoms with E-state index in [9.17, 15) is 0 Å². The number of nitrogens with zero attached hydrogens (tertiary/aromatic N) is 5. The zero-order valence-corrected chi connectivity index (χ0v) is 20.1. The van der Waals surface area contributed by atoms with Crippen molar-refractivity contribution >= 4 is 35.6 Å². The Balaban J connectivity index is 0.00000256. The molecule has 0 radical (unpaired) electrons. The van der Waals surface area contributed by atoms with Crippen molar-refractivity contribution in [2.75, 3.05) is 31.6 Å². The van der Waals surface area contributed by atoms with Gasteiger partial charge in [0.25, 0.3) is 0 Å². The molecular formula is C21H32IN7O. The lowest BCUT2D eigenvalue weighted by Crippen LogP contribution is -2.51. The van der Waals surface area contributed by atoms with Crippen LogP contribution in [-0.4, -0.2) is 53.5 Å². The highest BCUT2D eigenvalue weighted by Crippen LogP contribution is 2.29. The summed E-state index contributed by atoms with van der Waals surface area (Å²) in [5.74, 6) is 2.25. The maximum Gasteiger partial charge on any atom is 0.213 e. The van der Waals surface area contributed by atoms with Crippen LogP contribution in [0, 0.1) is 5.92 Å². The molecule has 4 rings (SSSR count). The summed E-state index contributed by atoms with van der Waals surface area (Å²) in [6, 6.07) is 4.37. The van der Waals surface area contributed by atoms with Gasteiger partial charge in [0.1, 0.15) is 0 Å². The van der Waals surface area contributed by atoms with Gasteiger partial charge in [-0.15, -0.1) is 24.0 Å². The largest absolute Gasteiger partial charge is 0.477 e. The van der Waals surface area contributed by atoms with Crippen LogP contribution >= 0.6 is 24.0 Å². The Morgan fingerprint density at radius 3 is 2.93 bits per heavy atom. The van der Waals surface area contributed by atoms with Crippen LogP contribution in [0.1, 0.15) is 31.2 Å². The van der Waals surface area contributed by atoms with Gasteiger partial charge in [-0.2, -0.15) is 5.10 Å².